The summed E-state index contributed by atoms with van der Waals surface area (Å²) in [5.41, 5.74) is 3.85. The number of Topliss-reactive ketones (excluding diaryl/α,β-unsaturated/α-hetero) is 1. The maximum Gasteiger partial charge on any atom is 0.249 e. The number of fused-ring (bicyclic) bond motifs is 3. The van der Waals surface area contributed by atoms with E-state index in [2.05, 4.69) is 6.07 Å². The number of carbonyl (C=O) groups is 2. The van der Waals surface area contributed by atoms with E-state index in [1.165, 1.54) is 10.4 Å². The summed E-state index contributed by atoms with van der Waals surface area (Å²) < 4.78 is 5.18. The van der Waals surface area contributed by atoms with E-state index in [1.807, 2.05) is 11.4 Å². The number of nitrogens with zero attached hydrogens (tertiary/aromatic N) is 2. The smallest absolute Gasteiger partial charge is 0.249 e. The Morgan fingerprint density at radius 1 is 1.16 bits per heavy atom. The number of thiophene rings is 2. The minimum Gasteiger partial charge on any atom is -0.497 e. The van der Waals surface area contributed by atoms with Crippen molar-refractivity contribution in [3.63, 3.8) is 0 Å². The van der Waals surface area contributed by atoms with E-state index >= 15 is 0 Å². The van der Waals surface area contributed by atoms with E-state index in [1.54, 1.807) is 58.9 Å². The van der Waals surface area contributed by atoms with Crippen LogP contribution in [0, 0.1) is 0 Å². The Bertz CT molecular complexity index is 1160. The highest BCUT2D eigenvalue weighted by molar-refractivity contribution is 7.17. The lowest BCUT2D eigenvalue weighted by atomic mass is 9.93. The largest absolute Gasteiger partial charge is 0.497 e. The first-order chi connectivity index (χ1) is 15.2. The Hall–Kier alpha value is -2.77. The standard InChI is InChI=1S/C24H22N2O3S2/c1-29-16-10-8-15(9-11-16)18(27)14-26-21(28)13-25-23(20-7-4-12-30-20)22-17-5-2-3-6-19(17)31-24(22)26/h4,7-12H,2-3,5-6,13-14H2,1H3. The van der Waals surface area contributed by atoms with E-state index in [4.69, 9.17) is 9.73 Å². The SMILES string of the molecule is COc1ccc(C(=O)CN2C(=O)CN=C(c3cccs3)c3c2sc2c3CCCC2)cc1. The summed E-state index contributed by atoms with van der Waals surface area (Å²) in [5.74, 6) is 0.478. The Balaban J connectivity index is 1.55. The highest BCUT2D eigenvalue weighted by Crippen LogP contribution is 2.43. The molecule has 158 valence electrons. The first-order valence-electron chi connectivity index (χ1n) is 10.4. The molecule has 0 bridgehead atoms. The van der Waals surface area contributed by atoms with Gasteiger partial charge in [0, 0.05) is 16.0 Å². The molecule has 0 N–H and O–H groups in total. The lowest BCUT2D eigenvalue weighted by molar-refractivity contribution is -0.117. The second kappa shape index (κ2) is 8.40. The van der Waals surface area contributed by atoms with Crippen LogP contribution in [0.15, 0.2) is 46.8 Å². The number of benzene rings is 1. The van der Waals surface area contributed by atoms with Crippen molar-refractivity contribution >= 4 is 45.1 Å². The number of ether oxygens (including phenoxy) is 1. The normalized spacial score (nSPS) is 15.7. The molecule has 1 aliphatic heterocycles. The first-order valence-corrected chi connectivity index (χ1v) is 12.1. The minimum absolute atomic E-state index is 0.0186. The average Bonchev–Trinajstić information content (AvgIpc) is 3.44. The molecule has 31 heavy (non-hydrogen) atoms. The summed E-state index contributed by atoms with van der Waals surface area (Å²) in [7, 11) is 1.60. The minimum atomic E-state index is -0.131. The van der Waals surface area contributed by atoms with E-state index in [0.717, 1.165) is 46.8 Å². The fraction of sp³-hybridized carbons (Fsp3) is 0.292. The summed E-state index contributed by atoms with van der Waals surface area (Å²) >= 11 is 3.30. The van der Waals surface area contributed by atoms with Crippen LogP contribution in [0.1, 0.15) is 44.1 Å². The zero-order valence-electron chi connectivity index (χ0n) is 17.2. The Kier molecular flexibility index (Phi) is 5.46. The molecule has 2 aromatic heterocycles. The molecule has 5 nitrogen and oxygen atoms in total. The zero-order chi connectivity index (χ0) is 21.4. The number of anilines is 1. The zero-order valence-corrected chi connectivity index (χ0v) is 18.9. The molecule has 5 rings (SSSR count). The number of aliphatic imine (C=N–C) groups is 1. The second-order valence-electron chi connectivity index (χ2n) is 7.66. The van der Waals surface area contributed by atoms with Crippen LogP contribution in [0.25, 0.3) is 0 Å². The highest BCUT2D eigenvalue weighted by atomic mass is 32.1. The van der Waals surface area contributed by atoms with Crippen molar-refractivity contribution in [3.8, 4) is 5.75 Å². The molecule has 0 spiro atoms. The van der Waals surface area contributed by atoms with Gasteiger partial charge in [-0.25, -0.2) is 0 Å². The summed E-state index contributed by atoms with van der Waals surface area (Å²) in [6.45, 7) is 0.0735. The van der Waals surface area contributed by atoms with Crippen LogP contribution in [0.3, 0.4) is 0 Å². The molecule has 0 saturated heterocycles. The predicted molar refractivity (Wildman–Crippen MR) is 125 cm³/mol. The van der Waals surface area contributed by atoms with Crippen molar-refractivity contribution < 1.29 is 14.3 Å². The fourth-order valence-corrected chi connectivity index (χ4v) is 6.34. The number of hydrogen-bond donors (Lipinski definition) is 0. The summed E-state index contributed by atoms with van der Waals surface area (Å²) in [6.07, 6.45) is 4.34. The lowest BCUT2D eigenvalue weighted by Crippen LogP contribution is -2.36. The number of methoxy groups -OCH3 is 1. The van der Waals surface area contributed by atoms with Gasteiger partial charge < -0.3 is 4.74 Å². The molecule has 1 aliphatic carbocycles. The second-order valence-corrected chi connectivity index (χ2v) is 9.70. The molecule has 1 aromatic carbocycles. The van der Waals surface area contributed by atoms with Crippen molar-refractivity contribution in [2.75, 3.05) is 25.1 Å². The third-order valence-electron chi connectivity index (χ3n) is 5.78. The molecule has 0 radical (unpaired) electrons. The summed E-state index contributed by atoms with van der Waals surface area (Å²) in [6, 6.07) is 11.1. The van der Waals surface area contributed by atoms with E-state index in [-0.39, 0.29) is 24.8 Å². The number of hydrogen-bond acceptors (Lipinski definition) is 6. The van der Waals surface area contributed by atoms with Gasteiger partial charge in [-0.05, 0) is 67.0 Å². The number of amides is 1. The van der Waals surface area contributed by atoms with Gasteiger partial charge in [0.15, 0.2) is 5.78 Å². The third kappa shape index (κ3) is 3.72. The van der Waals surface area contributed by atoms with Crippen LogP contribution in [0.5, 0.6) is 5.75 Å². The van der Waals surface area contributed by atoms with E-state index < -0.39 is 0 Å². The number of aryl methyl sites for hydroxylation is 1. The molecule has 0 atom stereocenters. The van der Waals surface area contributed by atoms with Crippen molar-refractivity contribution in [1.82, 2.24) is 0 Å². The maximum atomic E-state index is 13.1. The molecule has 3 aromatic rings. The van der Waals surface area contributed by atoms with Gasteiger partial charge in [0.1, 0.15) is 17.3 Å². The van der Waals surface area contributed by atoms with Gasteiger partial charge in [-0.1, -0.05) is 6.07 Å². The lowest BCUT2D eigenvalue weighted by Gasteiger charge is -2.20. The number of carbonyl (C=O) groups excluding carboxylic acids is 2. The van der Waals surface area contributed by atoms with Gasteiger partial charge >= 0.3 is 0 Å². The van der Waals surface area contributed by atoms with Crippen molar-refractivity contribution in [3.05, 3.63) is 68.2 Å². The first kappa shape index (κ1) is 20.2. The third-order valence-corrected chi connectivity index (χ3v) is 7.97. The molecular formula is C24H22N2O3S2. The molecule has 0 unspecified atom stereocenters. The number of ketones is 1. The van der Waals surface area contributed by atoms with Gasteiger partial charge in [0.05, 0.1) is 24.2 Å². The van der Waals surface area contributed by atoms with Crippen LogP contribution in [0.2, 0.25) is 0 Å². The molecule has 1 amide bonds. The Labute approximate surface area is 189 Å². The molecule has 0 fully saturated rings. The monoisotopic (exact) mass is 450 g/mol. The maximum absolute atomic E-state index is 13.1. The van der Waals surface area contributed by atoms with Crippen LogP contribution in [-0.4, -0.2) is 37.6 Å². The topological polar surface area (TPSA) is 59.0 Å². The average molecular weight is 451 g/mol. The fourth-order valence-electron chi connectivity index (χ4n) is 4.20. The molecule has 7 heteroatoms. The van der Waals surface area contributed by atoms with Gasteiger partial charge in [0.25, 0.3) is 0 Å². The van der Waals surface area contributed by atoms with Crippen molar-refractivity contribution in [2.45, 2.75) is 25.7 Å². The molecule has 3 heterocycles. The highest BCUT2D eigenvalue weighted by Gasteiger charge is 2.33. The molecular weight excluding hydrogens is 428 g/mol. The van der Waals surface area contributed by atoms with Crippen molar-refractivity contribution in [2.24, 2.45) is 4.99 Å². The van der Waals surface area contributed by atoms with Crippen LogP contribution in [0.4, 0.5) is 5.00 Å². The number of rotatable bonds is 5. The molecule has 0 saturated carbocycles. The van der Waals surface area contributed by atoms with Crippen LogP contribution in [-0.2, 0) is 17.6 Å². The van der Waals surface area contributed by atoms with Gasteiger partial charge in [-0.2, -0.15) is 0 Å². The van der Waals surface area contributed by atoms with Crippen LogP contribution < -0.4 is 9.64 Å². The van der Waals surface area contributed by atoms with E-state index in [9.17, 15) is 9.59 Å². The Morgan fingerprint density at radius 2 is 1.97 bits per heavy atom. The molecule has 2 aliphatic rings. The summed E-state index contributed by atoms with van der Waals surface area (Å²) in [5, 5.41) is 2.91. The van der Waals surface area contributed by atoms with E-state index in [0.29, 0.717) is 11.3 Å². The van der Waals surface area contributed by atoms with Gasteiger partial charge in [-0.3, -0.25) is 19.5 Å². The predicted octanol–water partition coefficient (Wildman–Crippen LogP) is 4.76. The van der Waals surface area contributed by atoms with Crippen LogP contribution >= 0.6 is 22.7 Å². The summed E-state index contributed by atoms with van der Waals surface area (Å²) in [4.78, 5) is 35.0. The Morgan fingerprint density at radius 3 is 2.71 bits per heavy atom. The quantitative estimate of drug-likeness (QED) is 0.527. The van der Waals surface area contributed by atoms with Gasteiger partial charge in [0.2, 0.25) is 5.91 Å². The van der Waals surface area contributed by atoms with Crippen molar-refractivity contribution in [1.29, 1.82) is 0 Å². The van der Waals surface area contributed by atoms with Gasteiger partial charge in [-0.15, -0.1) is 22.7 Å².